The molecule has 4 fully saturated rings. The minimum atomic E-state index is -1.10. The maximum atomic E-state index is 11.6. The quantitative estimate of drug-likeness (QED) is 0.237. The lowest BCUT2D eigenvalue weighted by Gasteiger charge is -2.45. The van der Waals surface area contributed by atoms with Crippen LogP contribution in [-0.4, -0.2) is 123 Å². The number of esters is 8. The Morgan fingerprint density at radius 3 is 0.580 bits per heavy atom. The van der Waals surface area contributed by atoms with Crippen LogP contribution in [-0.2, 0) is 85.7 Å². The Bertz CT molecular complexity index is 1120. The van der Waals surface area contributed by atoms with Gasteiger partial charge in [0, 0.05) is 79.1 Å². The van der Waals surface area contributed by atoms with Crippen molar-refractivity contribution in [2.75, 3.05) is 26.4 Å². The minimum absolute atomic E-state index is 0.241. The molecule has 2 aliphatic carbocycles. The highest BCUT2D eigenvalue weighted by atomic mass is 16.6. The monoisotopic (exact) mass is 716 g/mol. The molecule has 0 unspecified atom stereocenters. The summed E-state index contributed by atoms with van der Waals surface area (Å²) in [5.41, 5.74) is 0. The van der Waals surface area contributed by atoms with Crippen molar-refractivity contribution in [3.63, 3.8) is 0 Å². The van der Waals surface area contributed by atoms with Crippen molar-refractivity contribution in [3.05, 3.63) is 0 Å². The standard InChI is InChI=1S/2C16H22O9/c2*1-7(17)22-13-11-5-21-6-12(11)14(23-8(2)18)16(25-10(4)20)15(13)24-9(3)19/h2*11-16H,5-6H2,1-4H3/t2*11-,12+,13-,14+,15+,16-. The van der Waals surface area contributed by atoms with Crippen molar-refractivity contribution in [3.8, 4) is 0 Å². The molecule has 0 aromatic rings. The van der Waals surface area contributed by atoms with Crippen LogP contribution in [0.2, 0.25) is 0 Å². The van der Waals surface area contributed by atoms with Gasteiger partial charge in [0.2, 0.25) is 0 Å². The van der Waals surface area contributed by atoms with Crippen LogP contribution >= 0.6 is 0 Å². The third-order valence-electron chi connectivity index (χ3n) is 8.39. The fourth-order valence-corrected chi connectivity index (χ4v) is 6.94. The molecule has 0 N–H and O–H groups in total. The Morgan fingerprint density at radius 2 is 0.440 bits per heavy atom. The van der Waals surface area contributed by atoms with E-state index in [1.54, 1.807) is 0 Å². The zero-order valence-electron chi connectivity index (χ0n) is 29.1. The van der Waals surface area contributed by atoms with Gasteiger partial charge < -0.3 is 47.4 Å². The second-order valence-corrected chi connectivity index (χ2v) is 12.3. The maximum Gasteiger partial charge on any atom is 0.303 e. The third-order valence-corrected chi connectivity index (χ3v) is 8.39. The summed E-state index contributed by atoms with van der Waals surface area (Å²) in [6.45, 7) is 10.6. The second-order valence-electron chi connectivity index (χ2n) is 12.3. The summed E-state index contributed by atoms with van der Waals surface area (Å²) in [4.78, 5) is 92.3. The van der Waals surface area contributed by atoms with Gasteiger partial charge in [-0.15, -0.1) is 0 Å². The lowest BCUT2D eigenvalue weighted by molar-refractivity contribution is -0.225. The Morgan fingerprint density at radius 1 is 0.300 bits per heavy atom. The molecular weight excluding hydrogens is 672 g/mol. The highest BCUT2D eigenvalue weighted by molar-refractivity contribution is 5.70. The number of rotatable bonds is 8. The average molecular weight is 717 g/mol. The fraction of sp³-hybridized carbons (Fsp3) is 0.750. The molecule has 2 heterocycles. The first kappa shape index (κ1) is 40.1. The predicted molar refractivity (Wildman–Crippen MR) is 160 cm³/mol. The van der Waals surface area contributed by atoms with Gasteiger partial charge in [-0.3, -0.25) is 38.4 Å². The van der Waals surface area contributed by atoms with Crippen molar-refractivity contribution in [2.45, 2.75) is 104 Å². The Hall–Kier alpha value is -4.32. The summed E-state index contributed by atoms with van der Waals surface area (Å²) in [7, 11) is 0. The molecule has 2 aliphatic heterocycles. The molecule has 18 heteroatoms. The van der Waals surface area contributed by atoms with Gasteiger partial charge in [0.1, 0.15) is 24.4 Å². The van der Waals surface area contributed by atoms with Crippen molar-refractivity contribution in [1.82, 2.24) is 0 Å². The summed E-state index contributed by atoms with van der Waals surface area (Å²) < 4.78 is 53.5. The molecule has 12 atom stereocenters. The van der Waals surface area contributed by atoms with Gasteiger partial charge in [0.25, 0.3) is 0 Å². The predicted octanol–water partition coefficient (Wildman–Crippen LogP) is -0.0212. The molecule has 2 saturated heterocycles. The number of fused-ring (bicyclic) bond motifs is 2. The van der Waals surface area contributed by atoms with Crippen molar-refractivity contribution >= 4 is 47.8 Å². The molecule has 280 valence electrons. The van der Waals surface area contributed by atoms with Crippen LogP contribution < -0.4 is 0 Å². The first-order valence-electron chi connectivity index (χ1n) is 15.9. The number of carbonyl (C=O) groups excluding carboxylic acids is 8. The van der Waals surface area contributed by atoms with Gasteiger partial charge in [-0.25, -0.2) is 0 Å². The van der Waals surface area contributed by atoms with E-state index in [1.165, 1.54) is 55.4 Å². The summed E-state index contributed by atoms with van der Waals surface area (Å²) in [5, 5.41) is 0. The number of hydrogen-bond donors (Lipinski definition) is 0. The molecule has 0 aromatic carbocycles. The van der Waals surface area contributed by atoms with Gasteiger partial charge in [-0.2, -0.15) is 0 Å². The summed E-state index contributed by atoms with van der Waals surface area (Å²) in [6, 6.07) is 0. The molecule has 2 saturated carbocycles. The normalized spacial score (nSPS) is 33.8. The van der Waals surface area contributed by atoms with Crippen LogP contribution in [0.1, 0.15) is 55.4 Å². The zero-order valence-corrected chi connectivity index (χ0v) is 29.1. The first-order valence-corrected chi connectivity index (χ1v) is 15.9. The van der Waals surface area contributed by atoms with E-state index in [2.05, 4.69) is 0 Å². The average Bonchev–Trinajstić information content (AvgIpc) is 3.65. The Kier molecular flexibility index (Phi) is 14.1. The van der Waals surface area contributed by atoms with E-state index in [0.29, 0.717) is 0 Å². The van der Waals surface area contributed by atoms with Crippen LogP contribution in [0.25, 0.3) is 0 Å². The van der Waals surface area contributed by atoms with Crippen molar-refractivity contribution < 1.29 is 85.7 Å². The molecule has 0 spiro atoms. The summed E-state index contributed by atoms with van der Waals surface area (Å²) in [5.74, 6) is -6.27. The second kappa shape index (κ2) is 17.6. The Balaban J connectivity index is 0.000000270. The van der Waals surface area contributed by atoms with Crippen LogP contribution in [0.4, 0.5) is 0 Å². The molecule has 18 nitrogen and oxygen atoms in total. The smallest absolute Gasteiger partial charge is 0.303 e. The molecular formula is C32H44O18. The topological polar surface area (TPSA) is 229 Å². The Labute approximate surface area is 287 Å². The zero-order chi connectivity index (χ0) is 37.4. The highest BCUT2D eigenvalue weighted by Crippen LogP contribution is 2.43. The van der Waals surface area contributed by atoms with Crippen molar-refractivity contribution in [2.24, 2.45) is 23.7 Å². The van der Waals surface area contributed by atoms with Crippen LogP contribution in [0.5, 0.6) is 0 Å². The molecule has 4 aliphatic rings. The molecule has 0 bridgehead atoms. The third kappa shape index (κ3) is 10.3. The summed E-state index contributed by atoms with van der Waals surface area (Å²) in [6.07, 6.45) is -7.88. The van der Waals surface area contributed by atoms with E-state index in [4.69, 9.17) is 47.4 Å². The minimum Gasteiger partial charge on any atom is -0.458 e. The lowest BCUT2D eigenvalue weighted by Crippen LogP contribution is -2.62. The first-order chi connectivity index (χ1) is 23.4. The molecule has 4 rings (SSSR count). The van der Waals surface area contributed by atoms with Crippen molar-refractivity contribution in [1.29, 1.82) is 0 Å². The van der Waals surface area contributed by atoms with Gasteiger partial charge in [0.15, 0.2) is 24.4 Å². The summed E-state index contributed by atoms with van der Waals surface area (Å²) >= 11 is 0. The molecule has 0 aromatic heterocycles. The van der Waals surface area contributed by atoms with Gasteiger partial charge in [-0.05, 0) is 0 Å². The highest BCUT2D eigenvalue weighted by Gasteiger charge is 2.60. The van der Waals surface area contributed by atoms with E-state index < -0.39 is 96.6 Å². The van der Waals surface area contributed by atoms with Crippen LogP contribution in [0.15, 0.2) is 0 Å². The number of hydrogen-bond acceptors (Lipinski definition) is 18. The van der Waals surface area contributed by atoms with Gasteiger partial charge in [0.05, 0.1) is 26.4 Å². The molecule has 50 heavy (non-hydrogen) atoms. The number of ether oxygens (including phenoxy) is 10. The maximum absolute atomic E-state index is 11.6. The largest absolute Gasteiger partial charge is 0.458 e. The molecule has 0 amide bonds. The number of carbonyl (C=O) groups is 8. The van der Waals surface area contributed by atoms with E-state index >= 15 is 0 Å². The fourth-order valence-electron chi connectivity index (χ4n) is 6.94. The molecule has 0 radical (unpaired) electrons. The van der Waals surface area contributed by atoms with E-state index in [0.717, 1.165) is 0 Å². The van der Waals surface area contributed by atoms with E-state index in [9.17, 15) is 38.4 Å². The van der Waals surface area contributed by atoms with Gasteiger partial charge >= 0.3 is 47.8 Å². The SMILES string of the molecule is CC(=O)O[C@@H]1[C@H](OC(C)=O)[C@@H](OC(C)=O)[C@H]2COC[C@H]2[C@H]1OC(C)=O.CC(=O)O[C@@H]1[C@H](OC(C)=O)[C@@H](OC(C)=O)[C@H]2COC[C@H]2[C@H]1OC(C)=O. The van der Waals surface area contributed by atoms with Gasteiger partial charge in [-0.1, -0.05) is 0 Å². The van der Waals surface area contributed by atoms with E-state index in [1.807, 2.05) is 0 Å². The van der Waals surface area contributed by atoms with E-state index in [-0.39, 0.29) is 50.1 Å². The van der Waals surface area contributed by atoms with Crippen LogP contribution in [0.3, 0.4) is 0 Å². The lowest BCUT2D eigenvalue weighted by atomic mass is 9.74. The van der Waals surface area contributed by atoms with Crippen LogP contribution in [0, 0.1) is 23.7 Å².